The highest BCUT2D eigenvalue weighted by Crippen LogP contribution is 2.28. The Labute approximate surface area is 154 Å². The normalized spacial score (nSPS) is 13.7. The van der Waals surface area contributed by atoms with Gasteiger partial charge >= 0.3 is 6.03 Å². The minimum Gasteiger partial charge on any atom is -0.333 e. The third-order valence-corrected chi connectivity index (χ3v) is 4.93. The predicted octanol–water partition coefficient (Wildman–Crippen LogP) is 3.02. The number of imide groups is 1. The summed E-state index contributed by atoms with van der Waals surface area (Å²) in [6, 6.07) is 6.80. The monoisotopic (exact) mass is 379 g/mol. The van der Waals surface area contributed by atoms with Crippen molar-refractivity contribution in [1.82, 2.24) is 15.5 Å². The maximum Gasteiger partial charge on any atom is 0.321 e. The Kier molecular flexibility index (Phi) is 5.95. The van der Waals surface area contributed by atoms with E-state index in [0.29, 0.717) is 12.1 Å². The number of halogens is 2. The summed E-state index contributed by atoms with van der Waals surface area (Å²) in [5.74, 6) is -1.72. The van der Waals surface area contributed by atoms with Gasteiger partial charge in [-0.1, -0.05) is 12.1 Å². The third kappa shape index (κ3) is 5.34. The van der Waals surface area contributed by atoms with E-state index in [1.165, 1.54) is 23.5 Å². The van der Waals surface area contributed by atoms with Crippen LogP contribution in [0, 0.1) is 11.6 Å². The lowest BCUT2D eigenvalue weighted by Crippen LogP contribution is -2.44. The van der Waals surface area contributed by atoms with Gasteiger partial charge in [0.1, 0.15) is 11.6 Å². The highest BCUT2D eigenvalue weighted by Gasteiger charge is 2.31. The molecule has 8 heteroatoms. The lowest BCUT2D eigenvalue weighted by atomic mass is 10.2. The zero-order chi connectivity index (χ0) is 18.5. The SMILES string of the molecule is O=C(CN(Cc1ccc(F)cc1F)C1CC1)NC(=O)NCc1cccs1. The van der Waals surface area contributed by atoms with Crippen molar-refractivity contribution in [2.24, 2.45) is 0 Å². The molecule has 3 amide bonds. The van der Waals surface area contributed by atoms with E-state index in [0.717, 1.165) is 23.8 Å². The zero-order valence-electron chi connectivity index (χ0n) is 14.0. The number of thiophene rings is 1. The number of urea groups is 1. The summed E-state index contributed by atoms with van der Waals surface area (Å²) in [7, 11) is 0. The molecule has 0 unspecified atom stereocenters. The summed E-state index contributed by atoms with van der Waals surface area (Å²) in [4.78, 5) is 26.7. The number of carbonyl (C=O) groups excluding carboxylic acids is 2. The average Bonchev–Trinajstić information content (AvgIpc) is 3.30. The molecule has 0 saturated heterocycles. The molecule has 1 fully saturated rings. The Hall–Kier alpha value is -2.32. The first kappa shape index (κ1) is 18.5. The zero-order valence-corrected chi connectivity index (χ0v) is 14.8. The van der Waals surface area contributed by atoms with Crippen LogP contribution in [0.25, 0.3) is 0 Å². The molecule has 0 aliphatic heterocycles. The molecule has 1 heterocycles. The number of hydrogen-bond donors (Lipinski definition) is 2. The average molecular weight is 379 g/mol. The minimum atomic E-state index is -0.635. The van der Waals surface area contributed by atoms with Gasteiger partial charge in [0.15, 0.2) is 0 Å². The van der Waals surface area contributed by atoms with Crippen molar-refractivity contribution < 1.29 is 18.4 Å². The Morgan fingerprint density at radius 1 is 1.23 bits per heavy atom. The van der Waals surface area contributed by atoms with Crippen LogP contribution >= 0.6 is 11.3 Å². The number of carbonyl (C=O) groups is 2. The molecular formula is C18H19F2N3O2S. The van der Waals surface area contributed by atoms with E-state index in [2.05, 4.69) is 10.6 Å². The summed E-state index contributed by atoms with van der Waals surface area (Å²) < 4.78 is 26.9. The molecule has 26 heavy (non-hydrogen) atoms. The number of amides is 3. The second-order valence-corrected chi connectivity index (χ2v) is 7.21. The van der Waals surface area contributed by atoms with E-state index >= 15 is 0 Å². The van der Waals surface area contributed by atoms with Crippen LogP contribution in [0.2, 0.25) is 0 Å². The Morgan fingerprint density at radius 3 is 2.69 bits per heavy atom. The van der Waals surface area contributed by atoms with Crippen LogP contribution in [0.1, 0.15) is 23.3 Å². The summed E-state index contributed by atoms with van der Waals surface area (Å²) in [6.07, 6.45) is 1.83. The molecule has 0 atom stereocenters. The van der Waals surface area contributed by atoms with Crippen molar-refractivity contribution in [1.29, 1.82) is 0 Å². The summed E-state index contributed by atoms with van der Waals surface area (Å²) in [5.41, 5.74) is 0.327. The second-order valence-electron chi connectivity index (χ2n) is 6.18. The summed E-state index contributed by atoms with van der Waals surface area (Å²) in [5, 5.41) is 6.81. The van der Waals surface area contributed by atoms with Gasteiger partial charge in [-0.2, -0.15) is 0 Å². The third-order valence-electron chi connectivity index (χ3n) is 4.05. The van der Waals surface area contributed by atoms with Gasteiger partial charge in [0.2, 0.25) is 5.91 Å². The quantitative estimate of drug-likeness (QED) is 0.777. The minimum absolute atomic E-state index is 0.0199. The van der Waals surface area contributed by atoms with Crippen molar-refractivity contribution in [2.75, 3.05) is 6.54 Å². The first-order chi connectivity index (χ1) is 12.5. The molecule has 0 spiro atoms. The van der Waals surface area contributed by atoms with Gasteiger partial charge < -0.3 is 5.32 Å². The number of nitrogens with one attached hydrogen (secondary N) is 2. The molecule has 1 aliphatic carbocycles. The molecule has 1 aromatic heterocycles. The second kappa shape index (κ2) is 8.37. The fourth-order valence-electron chi connectivity index (χ4n) is 2.60. The fraction of sp³-hybridized carbons (Fsp3) is 0.333. The van der Waals surface area contributed by atoms with Crippen LogP contribution in [-0.4, -0.2) is 29.4 Å². The molecule has 5 nitrogen and oxygen atoms in total. The Bertz CT molecular complexity index is 779. The largest absolute Gasteiger partial charge is 0.333 e. The van der Waals surface area contributed by atoms with Crippen molar-refractivity contribution in [3.63, 3.8) is 0 Å². The molecule has 2 N–H and O–H groups in total. The van der Waals surface area contributed by atoms with Crippen LogP contribution in [0.15, 0.2) is 35.7 Å². The number of benzene rings is 1. The van der Waals surface area contributed by atoms with Gasteiger partial charge in [-0.15, -0.1) is 11.3 Å². The van der Waals surface area contributed by atoms with E-state index < -0.39 is 23.6 Å². The van der Waals surface area contributed by atoms with Crippen LogP contribution in [0.5, 0.6) is 0 Å². The topological polar surface area (TPSA) is 61.4 Å². The van der Waals surface area contributed by atoms with E-state index in [1.807, 2.05) is 17.5 Å². The van der Waals surface area contributed by atoms with E-state index in [4.69, 9.17) is 0 Å². The van der Waals surface area contributed by atoms with Crippen molar-refractivity contribution >= 4 is 23.3 Å². The van der Waals surface area contributed by atoms with Crippen molar-refractivity contribution in [3.05, 3.63) is 57.8 Å². The molecule has 3 rings (SSSR count). The standard InChI is InChI=1S/C18H19F2N3O2S/c19-13-4-3-12(16(20)8-13)10-23(14-5-6-14)11-17(24)22-18(25)21-9-15-2-1-7-26-15/h1-4,7-8,14H,5-6,9-11H2,(H2,21,22,24,25). The lowest BCUT2D eigenvalue weighted by molar-refractivity contribution is -0.121. The van der Waals surface area contributed by atoms with Gasteiger partial charge in [0, 0.05) is 29.1 Å². The van der Waals surface area contributed by atoms with Gasteiger partial charge in [-0.05, 0) is 30.4 Å². The lowest BCUT2D eigenvalue weighted by Gasteiger charge is -2.21. The summed E-state index contributed by atoms with van der Waals surface area (Å²) in [6.45, 7) is 0.527. The van der Waals surface area contributed by atoms with Gasteiger partial charge in [-0.25, -0.2) is 13.6 Å². The molecule has 0 radical (unpaired) electrons. The molecule has 1 aromatic carbocycles. The highest BCUT2D eigenvalue weighted by atomic mass is 32.1. The van der Waals surface area contributed by atoms with Gasteiger partial charge in [-0.3, -0.25) is 15.0 Å². The van der Waals surface area contributed by atoms with E-state index in [9.17, 15) is 18.4 Å². The van der Waals surface area contributed by atoms with Crippen molar-refractivity contribution in [3.8, 4) is 0 Å². The van der Waals surface area contributed by atoms with Gasteiger partial charge in [0.05, 0.1) is 13.1 Å². The van der Waals surface area contributed by atoms with Crippen LogP contribution in [-0.2, 0) is 17.9 Å². The highest BCUT2D eigenvalue weighted by molar-refractivity contribution is 7.09. The van der Waals surface area contributed by atoms with E-state index in [1.54, 1.807) is 4.90 Å². The molecule has 1 saturated carbocycles. The fourth-order valence-corrected chi connectivity index (χ4v) is 3.24. The molecular weight excluding hydrogens is 360 g/mol. The van der Waals surface area contributed by atoms with E-state index in [-0.39, 0.29) is 19.1 Å². The maximum absolute atomic E-state index is 13.8. The Balaban J connectivity index is 1.51. The van der Waals surface area contributed by atoms with Crippen molar-refractivity contribution in [2.45, 2.75) is 32.0 Å². The molecule has 0 bridgehead atoms. The maximum atomic E-state index is 13.8. The Morgan fingerprint density at radius 2 is 2.04 bits per heavy atom. The number of hydrogen-bond acceptors (Lipinski definition) is 4. The predicted molar refractivity (Wildman–Crippen MR) is 94.5 cm³/mol. The van der Waals surface area contributed by atoms with Crippen LogP contribution < -0.4 is 10.6 Å². The first-order valence-electron chi connectivity index (χ1n) is 8.29. The summed E-state index contributed by atoms with van der Waals surface area (Å²) >= 11 is 1.51. The molecule has 2 aromatic rings. The van der Waals surface area contributed by atoms with Crippen LogP contribution in [0.3, 0.4) is 0 Å². The van der Waals surface area contributed by atoms with Gasteiger partial charge in [0.25, 0.3) is 0 Å². The molecule has 1 aliphatic rings. The first-order valence-corrected chi connectivity index (χ1v) is 9.17. The smallest absolute Gasteiger partial charge is 0.321 e. The number of rotatable bonds is 7. The van der Waals surface area contributed by atoms with Crippen LogP contribution in [0.4, 0.5) is 13.6 Å². The molecule has 138 valence electrons. The number of nitrogens with zero attached hydrogens (tertiary/aromatic N) is 1.